The van der Waals surface area contributed by atoms with Gasteiger partial charge in [-0.2, -0.15) is 5.10 Å². The number of aromatic nitrogens is 4. The zero-order chi connectivity index (χ0) is 16.5. The van der Waals surface area contributed by atoms with E-state index in [-0.39, 0.29) is 12.0 Å². The van der Waals surface area contributed by atoms with Gasteiger partial charge in [-0.05, 0) is 30.9 Å². The predicted molar refractivity (Wildman–Crippen MR) is 93.6 cm³/mol. The molecule has 3 heterocycles. The normalized spacial score (nSPS) is 23.0. The summed E-state index contributed by atoms with van der Waals surface area (Å²) in [6, 6.07) is 14.5. The van der Waals surface area contributed by atoms with Crippen molar-refractivity contribution in [2.24, 2.45) is 5.73 Å². The van der Waals surface area contributed by atoms with Crippen molar-refractivity contribution in [1.29, 1.82) is 0 Å². The van der Waals surface area contributed by atoms with Gasteiger partial charge in [-0.1, -0.05) is 36.4 Å². The SMILES string of the molecule is CC1CC(c2cccnc2)C(CN)c2nc(-c3ccccc3)nn21. The predicted octanol–water partition coefficient (Wildman–Crippen LogP) is 3.13. The average Bonchev–Trinajstić information content (AvgIpc) is 3.09. The molecule has 1 aromatic carbocycles. The van der Waals surface area contributed by atoms with Gasteiger partial charge in [0.2, 0.25) is 0 Å². The van der Waals surface area contributed by atoms with Gasteiger partial charge in [0.05, 0.1) is 6.04 Å². The lowest BCUT2D eigenvalue weighted by Crippen LogP contribution is -2.31. The summed E-state index contributed by atoms with van der Waals surface area (Å²) in [6.45, 7) is 2.75. The number of rotatable bonds is 3. The van der Waals surface area contributed by atoms with Crippen molar-refractivity contribution in [3.05, 3.63) is 66.2 Å². The van der Waals surface area contributed by atoms with Crippen molar-refractivity contribution >= 4 is 0 Å². The zero-order valence-corrected chi connectivity index (χ0v) is 13.7. The number of nitrogens with zero attached hydrogens (tertiary/aromatic N) is 4. The van der Waals surface area contributed by atoms with Crippen molar-refractivity contribution in [1.82, 2.24) is 19.7 Å². The molecule has 3 aromatic rings. The second-order valence-electron chi connectivity index (χ2n) is 6.42. The average molecular weight is 319 g/mol. The van der Waals surface area contributed by atoms with Crippen molar-refractivity contribution < 1.29 is 0 Å². The molecular formula is C19H21N5. The summed E-state index contributed by atoms with van der Waals surface area (Å²) in [7, 11) is 0. The van der Waals surface area contributed by atoms with Gasteiger partial charge >= 0.3 is 0 Å². The Kier molecular flexibility index (Phi) is 3.86. The van der Waals surface area contributed by atoms with E-state index >= 15 is 0 Å². The molecule has 0 saturated carbocycles. The Bertz CT molecular complexity index is 812. The van der Waals surface area contributed by atoms with Gasteiger partial charge in [0.1, 0.15) is 5.82 Å². The highest BCUT2D eigenvalue weighted by Gasteiger charge is 2.36. The summed E-state index contributed by atoms with van der Waals surface area (Å²) in [4.78, 5) is 9.13. The molecule has 0 bridgehead atoms. The van der Waals surface area contributed by atoms with E-state index in [9.17, 15) is 0 Å². The van der Waals surface area contributed by atoms with Gasteiger partial charge in [0.15, 0.2) is 5.82 Å². The van der Waals surface area contributed by atoms with Crippen LogP contribution in [0.15, 0.2) is 54.9 Å². The summed E-state index contributed by atoms with van der Waals surface area (Å²) in [5, 5.41) is 4.76. The first-order valence-corrected chi connectivity index (χ1v) is 8.39. The molecule has 2 N–H and O–H groups in total. The molecule has 24 heavy (non-hydrogen) atoms. The van der Waals surface area contributed by atoms with E-state index in [1.807, 2.05) is 48.8 Å². The van der Waals surface area contributed by atoms with Gasteiger partial charge in [0, 0.05) is 30.4 Å². The third-order valence-electron chi connectivity index (χ3n) is 4.89. The molecule has 1 aliphatic heterocycles. The first kappa shape index (κ1) is 15.0. The van der Waals surface area contributed by atoms with Crippen molar-refractivity contribution in [2.45, 2.75) is 31.2 Å². The monoisotopic (exact) mass is 319 g/mol. The van der Waals surface area contributed by atoms with Crippen LogP contribution in [0.25, 0.3) is 11.4 Å². The number of pyridine rings is 1. The maximum absolute atomic E-state index is 6.14. The minimum absolute atomic E-state index is 0.162. The summed E-state index contributed by atoms with van der Waals surface area (Å²) >= 11 is 0. The van der Waals surface area contributed by atoms with E-state index in [0.29, 0.717) is 12.5 Å². The highest BCUT2D eigenvalue weighted by molar-refractivity contribution is 5.54. The highest BCUT2D eigenvalue weighted by Crippen LogP contribution is 2.42. The van der Waals surface area contributed by atoms with Gasteiger partial charge in [-0.3, -0.25) is 4.98 Å². The molecule has 0 saturated heterocycles. The largest absolute Gasteiger partial charge is 0.330 e. The topological polar surface area (TPSA) is 69.6 Å². The number of hydrogen-bond acceptors (Lipinski definition) is 4. The maximum atomic E-state index is 6.14. The van der Waals surface area contributed by atoms with Crippen LogP contribution in [0, 0.1) is 0 Å². The molecule has 3 atom stereocenters. The third-order valence-corrected chi connectivity index (χ3v) is 4.89. The molecule has 0 spiro atoms. The Morgan fingerprint density at radius 3 is 2.71 bits per heavy atom. The fraction of sp³-hybridized carbons (Fsp3) is 0.316. The lowest BCUT2D eigenvalue weighted by Gasteiger charge is -2.34. The third kappa shape index (κ3) is 2.51. The van der Waals surface area contributed by atoms with Crippen LogP contribution in [0.4, 0.5) is 0 Å². The smallest absolute Gasteiger partial charge is 0.181 e. The van der Waals surface area contributed by atoms with Crippen LogP contribution in [0.5, 0.6) is 0 Å². The number of benzene rings is 1. The zero-order valence-electron chi connectivity index (χ0n) is 13.7. The Morgan fingerprint density at radius 1 is 1.17 bits per heavy atom. The van der Waals surface area contributed by atoms with E-state index in [1.54, 1.807) is 0 Å². The minimum Gasteiger partial charge on any atom is -0.330 e. The molecule has 2 aromatic heterocycles. The molecule has 0 fully saturated rings. The summed E-state index contributed by atoms with van der Waals surface area (Å²) < 4.78 is 2.06. The first-order chi connectivity index (χ1) is 11.8. The van der Waals surface area contributed by atoms with Gasteiger partial charge in [-0.15, -0.1) is 0 Å². The van der Waals surface area contributed by atoms with Crippen LogP contribution >= 0.6 is 0 Å². The van der Waals surface area contributed by atoms with Crippen molar-refractivity contribution in [3.63, 3.8) is 0 Å². The van der Waals surface area contributed by atoms with Gasteiger partial charge in [-0.25, -0.2) is 9.67 Å². The van der Waals surface area contributed by atoms with Gasteiger partial charge < -0.3 is 5.73 Å². The van der Waals surface area contributed by atoms with Crippen LogP contribution in [0.2, 0.25) is 0 Å². The van der Waals surface area contributed by atoms with E-state index < -0.39 is 0 Å². The second-order valence-corrected chi connectivity index (χ2v) is 6.42. The lowest BCUT2D eigenvalue weighted by molar-refractivity contribution is 0.312. The van der Waals surface area contributed by atoms with Crippen LogP contribution < -0.4 is 5.73 Å². The Hall–Kier alpha value is -2.53. The minimum atomic E-state index is 0.162. The summed E-state index contributed by atoms with van der Waals surface area (Å²) in [6.07, 6.45) is 4.76. The van der Waals surface area contributed by atoms with Crippen LogP contribution in [-0.2, 0) is 0 Å². The van der Waals surface area contributed by atoms with E-state index in [0.717, 1.165) is 23.6 Å². The van der Waals surface area contributed by atoms with E-state index in [1.165, 1.54) is 5.56 Å². The molecule has 4 rings (SSSR count). The Labute approximate surface area is 141 Å². The van der Waals surface area contributed by atoms with Crippen LogP contribution in [0.3, 0.4) is 0 Å². The van der Waals surface area contributed by atoms with E-state index in [2.05, 4.69) is 22.7 Å². The molecular weight excluding hydrogens is 298 g/mol. The highest BCUT2D eigenvalue weighted by atomic mass is 15.4. The number of hydrogen-bond donors (Lipinski definition) is 1. The van der Waals surface area contributed by atoms with Gasteiger partial charge in [0.25, 0.3) is 0 Å². The van der Waals surface area contributed by atoms with Crippen LogP contribution in [-0.4, -0.2) is 26.3 Å². The quantitative estimate of drug-likeness (QED) is 0.805. The summed E-state index contributed by atoms with van der Waals surface area (Å²) in [5.74, 6) is 2.26. The number of nitrogens with two attached hydrogens (primary N) is 1. The first-order valence-electron chi connectivity index (χ1n) is 8.39. The number of fused-ring (bicyclic) bond motifs is 1. The second kappa shape index (κ2) is 6.17. The summed E-state index contributed by atoms with van der Waals surface area (Å²) in [5.41, 5.74) is 8.41. The standard InChI is InChI=1S/C19H21N5/c1-13-10-16(15-8-5-9-21-12-15)17(11-20)19-22-18(23-24(13)19)14-6-3-2-4-7-14/h2-9,12-13,16-17H,10-11,20H2,1H3. The molecule has 3 unspecified atom stereocenters. The van der Waals surface area contributed by atoms with E-state index in [4.69, 9.17) is 15.8 Å². The molecule has 0 aliphatic carbocycles. The van der Waals surface area contributed by atoms with Crippen molar-refractivity contribution in [3.8, 4) is 11.4 Å². The molecule has 5 heteroatoms. The van der Waals surface area contributed by atoms with Crippen molar-refractivity contribution in [2.75, 3.05) is 6.54 Å². The lowest BCUT2D eigenvalue weighted by atomic mass is 9.79. The molecule has 122 valence electrons. The Balaban J connectivity index is 1.77. The Morgan fingerprint density at radius 2 is 2.00 bits per heavy atom. The maximum Gasteiger partial charge on any atom is 0.181 e. The fourth-order valence-corrected chi connectivity index (χ4v) is 3.67. The fourth-order valence-electron chi connectivity index (χ4n) is 3.67. The molecule has 5 nitrogen and oxygen atoms in total. The molecule has 1 aliphatic rings. The molecule has 0 radical (unpaired) electrons. The van der Waals surface area contributed by atoms with Crippen LogP contribution in [0.1, 0.15) is 42.6 Å². The molecule has 0 amide bonds.